The molecule has 0 spiro atoms. The summed E-state index contributed by atoms with van der Waals surface area (Å²) >= 11 is 0. The third kappa shape index (κ3) is 3.60. The molecule has 0 bridgehead atoms. The summed E-state index contributed by atoms with van der Waals surface area (Å²) < 4.78 is 17.0. The molecule has 0 saturated carbocycles. The summed E-state index contributed by atoms with van der Waals surface area (Å²) in [7, 11) is 1.57. The molecular weight excluding hydrogens is 406 g/mol. The van der Waals surface area contributed by atoms with E-state index in [1.165, 1.54) is 0 Å². The summed E-state index contributed by atoms with van der Waals surface area (Å²) in [6.07, 6.45) is 0.0712. The molecule has 4 aromatic rings. The molecule has 1 aliphatic heterocycles. The van der Waals surface area contributed by atoms with E-state index in [0.29, 0.717) is 40.3 Å². The highest BCUT2D eigenvalue weighted by Crippen LogP contribution is 2.42. The van der Waals surface area contributed by atoms with Gasteiger partial charge in [0.05, 0.1) is 24.6 Å². The zero-order valence-electron chi connectivity index (χ0n) is 17.5. The molecule has 0 radical (unpaired) electrons. The summed E-state index contributed by atoms with van der Waals surface area (Å²) in [5.41, 5.74) is 2.64. The van der Waals surface area contributed by atoms with Crippen molar-refractivity contribution in [1.82, 2.24) is 4.98 Å². The van der Waals surface area contributed by atoms with Crippen molar-refractivity contribution in [3.63, 3.8) is 0 Å². The van der Waals surface area contributed by atoms with Crippen molar-refractivity contribution in [1.29, 1.82) is 0 Å². The molecule has 5 rings (SSSR count). The van der Waals surface area contributed by atoms with Crippen molar-refractivity contribution in [3.8, 4) is 17.2 Å². The molecule has 3 aromatic carbocycles. The van der Waals surface area contributed by atoms with E-state index in [0.717, 1.165) is 11.1 Å². The van der Waals surface area contributed by atoms with Crippen molar-refractivity contribution in [2.24, 2.45) is 0 Å². The van der Waals surface area contributed by atoms with Gasteiger partial charge in [0.1, 0.15) is 12.4 Å². The number of para-hydroxylation sites is 1. The van der Waals surface area contributed by atoms with Crippen LogP contribution in [0.5, 0.6) is 17.2 Å². The van der Waals surface area contributed by atoms with Crippen molar-refractivity contribution in [2.45, 2.75) is 18.9 Å². The van der Waals surface area contributed by atoms with E-state index < -0.39 is 5.92 Å². The van der Waals surface area contributed by atoms with Crippen molar-refractivity contribution in [3.05, 3.63) is 99.8 Å². The fourth-order valence-electron chi connectivity index (χ4n) is 4.12. The average Bonchev–Trinajstić information content (AvgIpc) is 2.82. The second-order valence-corrected chi connectivity index (χ2v) is 7.66. The minimum absolute atomic E-state index is 0.0712. The Bertz CT molecular complexity index is 1360. The van der Waals surface area contributed by atoms with E-state index in [2.05, 4.69) is 4.98 Å². The normalized spacial score (nSPS) is 15.2. The monoisotopic (exact) mass is 427 g/mol. The average molecular weight is 427 g/mol. The Morgan fingerprint density at radius 2 is 1.75 bits per heavy atom. The Hall–Kier alpha value is -4.06. The Kier molecular flexibility index (Phi) is 5.11. The molecule has 0 amide bonds. The van der Waals surface area contributed by atoms with Gasteiger partial charge in [0, 0.05) is 11.3 Å². The van der Waals surface area contributed by atoms with E-state index in [1.807, 2.05) is 66.7 Å². The van der Waals surface area contributed by atoms with Gasteiger partial charge in [-0.15, -0.1) is 0 Å². The highest BCUT2D eigenvalue weighted by Gasteiger charge is 2.33. The summed E-state index contributed by atoms with van der Waals surface area (Å²) in [6.45, 7) is 0.404. The number of esters is 1. The molecule has 32 heavy (non-hydrogen) atoms. The Morgan fingerprint density at radius 1 is 0.969 bits per heavy atom. The zero-order valence-corrected chi connectivity index (χ0v) is 17.5. The third-order valence-corrected chi connectivity index (χ3v) is 5.67. The number of benzene rings is 3. The first-order valence-electron chi connectivity index (χ1n) is 10.3. The lowest BCUT2D eigenvalue weighted by Gasteiger charge is -2.25. The number of rotatable bonds is 5. The smallest absolute Gasteiger partial charge is 0.312 e. The van der Waals surface area contributed by atoms with Crippen LogP contribution >= 0.6 is 0 Å². The van der Waals surface area contributed by atoms with Crippen LogP contribution in [0.4, 0.5) is 0 Å². The maximum atomic E-state index is 12.9. The number of nitrogens with one attached hydrogen (secondary N) is 1. The predicted octanol–water partition coefficient (Wildman–Crippen LogP) is 4.56. The Balaban J connectivity index is 1.53. The van der Waals surface area contributed by atoms with Gasteiger partial charge in [0.25, 0.3) is 5.56 Å². The molecule has 160 valence electrons. The van der Waals surface area contributed by atoms with E-state index in [1.54, 1.807) is 13.2 Å². The third-order valence-electron chi connectivity index (χ3n) is 5.67. The van der Waals surface area contributed by atoms with Crippen molar-refractivity contribution >= 4 is 16.9 Å². The fraction of sp³-hybridized carbons (Fsp3) is 0.154. The standard InChI is InChI=1S/C26H21NO5/c1-30-22-13-17(11-12-21(22)31-15-16-7-3-2-4-8-16)19-14-23(28)32-25-18-9-5-6-10-20(18)27-26(29)24(19)25/h2-13,19H,14-15H2,1H3,(H,27,29). The van der Waals surface area contributed by atoms with Crippen LogP contribution in [-0.4, -0.2) is 18.1 Å². The van der Waals surface area contributed by atoms with E-state index >= 15 is 0 Å². The number of H-pyrrole nitrogens is 1. The number of ether oxygens (including phenoxy) is 3. The number of hydrogen-bond acceptors (Lipinski definition) is 5. The molecular formula is C26H21NO5. The number of aromatic nitrogens is 1. The van der Waals surface area contributed by atoms with Gasteiger partial charge in [-0.2, -0.15) is 0 Å². The van der Waals surface area contributed by atoms with Crippen LogP contribution in [0, 0.1) is 0 Å². The first-order valence-corrected chi connectivity index (χ1v) is 10.3. The van der Waals surface area contributed by atoms with Crippen LogP contribution in [0.3, 0.4) is 0 Å². The lowest BCUT2D eigenvalue weighted by molar-refractivity contribution is -0.135. The van der Waals surface area contributed by atoms with Crippen molar-refractivity contribution in [2.75, 3.05) is 7.11 Å². The van der Waals surface area contributed by atoms with Gasteiger partial charge in [-0.3, -0.25) is 9.59 Å². The summed E-state index contributed by atoms with van der Waals surface area (Å²) in [4.78, 5) is 28.3. The largest absolute Gasteiger partial charge is 0.493 e. The molecule has 6 nitrogen and oxygen atoms in total. The van der Waals surface area contributed by atoms with E-state index in [9.17, 15) is 9.59 Å². The molecule has 1 unspecified atom stereocenters. The van der Waals surface area contributed by atoms with E-state index in [4.69, 9.17) is 14.2 Å². The van der Waals surface area contributed by atoms with Crippen LogP contribution in [0.1, 0.15) is 29.0 Å². The maximum Gasteiger partial charge on any atom is 0.312 e. The number of methoxy groups -OCH3 is 1. The molecule has 1 N–H and O–H groups in total. The van der Waals surface area contributed by atoms with E-state index in [-0.39, 0.29) is 17.9 Å². The SMILES string of the molecule is COc1cc(C2CC(=O)Oc3c2c(=O)[nH]c2ccccc32)ccc1OCc1ccccc1. The van der Waals surface area contributed by atoms with Crippen molar-refractivity contribution < 1.29 is 19.0 Å². The van der Waals surface area contributed by atoms with Gasteiger partial charge >= 0.3 is 5.97 Å². The minimum Gasteiger partial charge on any atom is -0.493 e. The van der Waals surface area contributed by atoms with Gasteiger partial charge in [-0.25, -0.2) is 0 Å². The van der Waals surface area contributed by atoms with Crippen LogP contribution in [0.25, 0.3) is 10.9 Å². The lowest BCUT2D eigenvalue weighted by Crippen LogP contribution is -2.28. The molecule has 0 fully saturated rings. The van der Waals surface area contributed by atoms with Gasteiger partial charge in [0.15, 0.2) is 11.5 Å². The summed E-state index contributed by atoms with van der Waals surface area (Å²) in [6, 6.07) is 22.6. The number of pyridine rings is 1. The predicted molar refractivity (Wildman–Crippen MR) is 120 cm³/mol. The quantitative estimate of drug-likeness (QED) is 0.473. The van der Waals surface area contributed by atoms with Gasteiger partial charge in [0.2, 0.25) is 0 Å². The molecule has 0 aliphatic carbocycles. The molecule has 0 saturated heterocycles. The summed E-state index contributed by atoms with van der Waals surface area (Å²) in [5.74, 6) is 0.634. The highest BCUT2D eigenvalue weighted by molar-refractivity contribution is 5.91. The molecule has 2 heterocycles. The van der Waals surface area contributed by atoms with Gasteiger partial charge < -0.3 is 19.2 Å². The fourth-order valence-corrected chi connectivity index (χ4v) is 4.12. The molecule has 6 heteroatoms. The van der Waals surface area contributed by atoms with Crippen LogP contribution in [0.15, 0.2) is 77.6 Å². The summed E-state index contributed by atoms with van der Waals surface area (Å²) in [5, 5.41) is 0.704. The number of aromatic amines is 1. The highest BCUT2D eigenvalue weighted by atomic mass is 16.5. The van der Waals surface area contributed by atoms with Crippen LogP contribution in [0.2, 0.25) is 0 Å². The van der Waals surface area contributed by atoms with Gasteiger partial charge in [-0.05, 0) is 35.4 Å². The zero-order chi connectivity index (χ0) is 22.1. The number of hydrogen-bond donors (Lipinski definition) is 1. The molecule has 1 aliphatic rings. The first-order chi connectivity index (χ1) is 15.6. The topological polar surface area (TPSA) is 77.6 Å². The maximum absolute atomic E-state index is 12.9. The lowest BCUT2D eigenvalue weighted by atomic mass is 9.86. The number of carbonyl (C=O) groups excluding carboxylic acids is 1. The minimum atomic E-state index is -0.448. The second kappa shape index (κ2) is 8.23. The van der Waals surface area contributed by atoms with Gasteiger partial charge in [-0.1, -0.05) is 48.5 Å². The number of carbonyl (C=O) groups is 1. The van der Waals surface area contributed by atoms with Crippen LogP contribution < -0.4 is 19.8 Å². The Morgan fingerprint density at radius 3 is 2.56 bits per heavy atom. The second-order valence-electron chi connectivity index (χ2n) is 7.66. The first kappa shape index (κ1) is 19.9. The number of fused-ring (bicyclic) bond motifs is 3. The Labute approximate surface area is 184 Å². The van der Waals surface area contributed by atoms with Crippen LogP contribution in [-0.2, 0) is 11.4 Å². The molecule has 1 atom stereocenters. The molecule has 1 aromatic heterocycles.